The quantitative estimate of drug-likeness (QED) is 0.508. The number of carbonyl (C=O) groups is 1. The largest absolute Gasteiger partial charge is 0.490 e. The molecule has 0 saturated heterocycles. The highest BCUT2D eigenvalue weighted by atomic mass is 16.6. The molecule has 0 unspecified atom stereocenters. The van der Waals surface area contributed by atoms with E-state index in [1.807, 2.05) is 18.2 Å². The van der Waals surface area contributed by atoms with Crippen LogP contribution in [0.4, 0.5) is 11.4 Å². The van der Waals surface area contributed by atoms with E-state index >= 15 is 0 Å². The van der Waals surface area contributed by atoms with Gasteiger partial charge in [0.25, 0.3) is 5.91 Å². The van der Waals surface area contributed by atoms with Crippen LogP contribution in [-0.2, 0) is 13.0 Å². The Morgan fingerprint density at radius 2 is 2.03 bits per heavy atom. The average Bonchev–Trinajstić information content (AvgIpc) is 3.01. The predicted octanol–water partition coefficient (Wildman–Crippen LogP) is 3.84. The van der Waals surface area contributed by atoms with Crippen LogP contribution in [0.5, 0.6) is 5.75 Å². The lowest BCUT2D eigenvalue weighted by Crippen LogP contribution is -2.12. The first kappa shape index (κ1) is 19.6. The number of methoxy groups -OCH3 is 1. The Morgan fingerprint density at radius 3 is 2.83 bits per heavy atom. The summed E-state index contributed by atoms with van der Waals surface area (Å²) in [6.07, 6.45) is 4.29. The molecule has 30 heavy (non-hydrogen) atoms. The van der Waals surface area contributed by atoms with E-state index in [2.05, 4.69) is 20.1 Å². The number of nitrogens with zero attached hydrogens (tertiary/aromatic N) is 4. The summed E-state index contributed by atoms with van der Waals surface area (Å²) < 4.78 is 7.12. The molecule has 1 amide bonds. The van der Waals surface area contributed by atoms with E-state index in [0.717, 1.165) is 43.0 Å². The van der Waals surface area contributed by atoms with E-state index in [-0.39, 0.29) is 17.0 Å². The van der Waals surface area contributed by atoms with Crippen molar-refractivity contribution in [3.05, 3.63) is 64.0 Å². The molecule has 9 nitrogen and oxygen atoms in total. The minimum Gasteiger partial charge on any atom is -0.490 e. The van der Waals surface area contributed by atoms with Crippen LogP contribution < -0.4 is 10.1 Å². The van der Waals surface area contributed by atoms with Gasteiger partial charge in [0.15, 0.2) is 11.6 Å². The van der Waals surface area contributed by atoms with E-state index in [4.69, 9.17) is 4.74 Å². The van der Waals surface area contributed by atoms with E-state index in [9.17, 15) is 14.9 Å². The molecule has 0 bridgehead atoms. The Kier molecular flexibility index (Phi) is 5.42. The molecule has 0 radical (unpaired) electrons. The summed E-state index contributed by atoms with van der Waals surface area (Å²) in [5.41, 5.74) is 1.34. The minimum absolute atomic E-state index is 0.103. The minimum atomic E-state index is -0.576. The number of hydrogen-bond donors (Lipinski definition) is 1. The third kappa shape index (κ3) is 3.86. The topological polar surface area (TPSA) is 112 Å². The maximum absolute atomic E-state index is 12.7. The van der Waals surface area contributed by atoms with E-state index in [1.54, 1.807) is 6.07 Å². The highest BCUT2D eigenvalue weighted by molar-refractivity contribution is 6.05. The fourth-order valence-electron chi connectivity index (χ4n) is 3.61. The van der Waals surface area contributed by atoms with Gasteiger partial charge in [-0.15, -0.1) is 10.2 Å². The fourth-order valence-corrected chi connectivity index (χ4v) is 3.61. The molecular weight excluding hydrogens is 386 g/mol. The number of hydrogen-bond acceptors (Lipinski definition) is 6. The van der Waals surface area contributed by atoms with Crippen molar-refractivity contribution in [2.75, 3.05) is 12.4 Å². The van der Waals surface area contributed by atoms with Crippen LogP contribution in [0.3, 0.4) is 0 Å². The zero-order chi connectivity index (χ0) is 21.1. The molecule has 4 rings (SSSR count). The number of aryl methyl sites for hydroxylation is 1. The molecule has 1 N–H and O–H groups in total. The Morgan fingerprint density at radius 1 is 1.17 bits per heavy atom. The van der Waals surface area contributed by atoms with Crippen LogP contribution >= 0.6 is 0 Å². The summed E-state index contributed by atoms with van der Waals surface area (Å²) in [7, 11) is 1.35. The zero-order valence-electron chi connectivity index (χ0n) is 16.5. The number of nitro benzene ring substituents is 1. The standard InChI is InChI=1S/C21H21N5O4/c1-30-18-10-9-15(13-17(18)26(28)29)21(27)22-16-7-5-6-14(12-16)20-24-23-19-8-3-2-4-11-25(19)20/h5-7,9-10,12-13H,2-4,8,11H2,1H3,(H,22,27). The number of nitrogens with one attached hydrogen (secondary N) is 1. The number of anilines is 1. The highest BCUT2D eigenvalue weighted by Gasteiger charge is 2.19. The molecule has 0 atom stereocenters. The lowest BCUT2D eigenvalue weighted by molar-refractivity contribution is -0.385. The lowest BCUT2D eigenvalue weighted by Gasteiger charge is -2.10. The van der Waals surface area contributed by atoms with Crippen molar-refractivity contribution in [1.29, 1.82) is 0 Å². The molecule has 9 heteroatoms. The van der Waals surface area contributed by atoms with Gasteiger partial charge in [0.05, 0.1) is 12.0 Å². The lowest BCUT2D eigenvalue weighted by atomic mass is 10.1. The number of fused-ring (bicyclic) bond motifs is 1. The molecule has 0 fully saturated rings. The summed E-state index contributed by atoms with van der Waals surface area (Å²) in [6.45, 7) is 0.879. The second kappa shape index (κ2) is 8.32. The number of rotatable bonds is 5. The Balaban J connectivity index is 1.58. The van der Waals surface area contributed by atoms with Crippen LogP contribution in [0, 0.1) is 10.1 Å². The first-order valence-corrected chi connectivity index (χ1v) is 9.73. The Hall–Kier alpha value is -3.75. The van der Waals surface area contributed by atoms with Gasteiger partial charge in [0.1, 0.15) is 5.82 Å². The van der Waals surface area contributed by atoms with Gasteiger partial charge < -0.3 is 14.6 Å². The number of ether oxygens (including phenoxy) is 1. The summed E-state index contributed by atoms with van der Waals surface area (Å²) in [4.78, 5) is 23.3. The first-order chi connectivity index (χ1) is 14.6. The van der Waals surface area contributed by atoms with Gasteiger partial charge in [-0.2, -0.15) is 0 Å². The fraction of sp³-hybridized carbons (Fsp3) is 0.286. The molecule has 154 valence electrons. The molecule has 0 saturated carbocycles. The normalized spacial score (nSPS) is 13.2. The van der Waals surface area contributed by atoms with E-state index in [1.165, 1.54) is 31.7 Å². The summed E-state index contributed by atoms with van der Waals surface area (Å²) in [5.74, 6) is 1.43. The number of amides is 1. The van der Waals surface area contributed by atoms with Gasteiger partial charge in [-0.1, -0.05) is 18.6 Å². The smallest absolute Gasteiger partial charge is 0.311 e. The van der Waals surface area contributed by atoms with Gasteiger partial charge >= 0.3 is 5.69 Å². The van der Waals surface area contributed by atoms with Crippen molar-refractivity contribution in [3.63, 3.8) is 0 Å². The summed E-state index contributed by atoms with van der Waals surface area (Å²) >= 11 is 0. The maximum atomic E-state index is 12.7. The van der Waals surface area contributed by atoms with Crippen molar-refractivity contribution in [1.82, 2.24) is 14.8 Å². The van der Waals surface area contributed by atoms with Gasteiger partial charge in [0.2, 0.25) is 0 Å². The molecule has 1 aliphatic rings. The molecule has 1 aromatic heterocycles. The second-order valence-corrected chi connectivity index (χ2v) is 7.08. The van der Waals surface area contributed by atoms with Gasteiger partial charge in [-0.05, 0) is 37.1 Å². The average molecular weight is 407 g/mol. The van der Waals surface area contributed by atoms with Crippen LogP contribution in [0.2, 0.25) is 0 Å². The van der Waals surface area contributed by atoms with Crippen molar-refractivity contribution in [2.24, 2.45) is 0 Å². The Labute approximate surface area is 172 Å². The van der Waals surface area contributed by atoms with Gasteiger partial charge in [-0.3, -0.25) is 14.9 Å². The van der Waals surface area contributed by atoms with Gasteiger partial charge in [-0.25, -0.2) is 0 Å². The number of nitro groups is 1. The molecular formula is C21H21N5O4. The third-order valence-corrected chi connectivity index (χ3v) is 5.13. The van der Waals surface area contributed by atoms with Gasteiger partial charge in [0, 0.05) is 35.8 Å². The number of benzene rings is 2. The van der Waals surface area contributed by atoms with Crippen molar-refractivity contribution < 1.29 is 14.5 Å². The molecule has 0 spiro atoms. The maximum Gasteiger partial charge on any atom is 0.311 e. The molecule has 1 aliphatic heterocycles. The summed E-state index contributed by atoms with van der Waals surface area (Å²) in [6, 6.07) is 11.5. The van der Waals surface area contributed by atoms with E-state index < -0.39 is 10.8 Å². The van der Waals surface area contributed by atoms with Crippen molar-refractivity contribution in [2.45, 2.75) is 32.2 Å². The predicted molar refractivity (Wildman–Crippen MR) is 111 cm³/mol. The molecule has 2 heterocycles. The monoisotopic (exact) mass is 407 g/mol. The molecule has 3 aromatic rings. The molecule has 0 aliphatic carbocycles. The van der Waals surface area contributed by atoms with Crippen LogP contribution in [0.25, 0.3) is 11.4 Å². The number of carbonyl (C=O) groups excluding carboxylic acids is 1. The van der Waals surface area contributed by atoms with Crippen molar-refractivity contribution in [3.8, 4) is 17.1 Å². The van der Waals surface area contributed by atoms with Crippen molar-refractivity contribution >= 4 is 17.3 Å². The van der Waals surface area contributed by atoms with Crippen LogP contribution in [-0.4, -0.2) is 32.7 Å². The highest BCUT2D eigenvalue weighted by Crippen LogP contribution is 2.28. The number of aromatic nitrogens is 3. The summed E-state index contributed by atoms with van der Waals surface area (Å²) in [5, 5.41) is 22.7. The SMILES string of the molecule is COc1ccc(C(=O)Nc2cccc(-c3nnc4n3CCCCC4)c2)cc1[N+](=O)[O-]. The first-order valence-electron chi connectivity index (χ1n) is 9.73. The van der Waals surface area contributed by atoms with Crippen LogP contribution in [0.15, 0.2) is 42.5 Å². The zero-order valence-corrected chi connectivity index (χ0v) is 16.5. The van der Waals surface area contributed by atoms with E-state index in [0.29, 0.717) is 5.69 Å². The second-order valence-electron chi connectivity index (χ2n) is 7.08. The Bertz CT molecular complexity index is 1110. The molecule has 2 aromatic carbocycles. The van der Waals surface area contributed by atoms with Crippen LogP contribution in [0.1, 0.15) is 35.4 Å². The third-order valence-electron chi connectivity index (χ3n) is 5.13.